The third-order valence-electron chi connectivity index (χ3n) is 5.18. The molecule has 0 unspecified atom stereocenters. The first kappa shape index (κ1) is 20.2. The van der Waals surface area contributed by atoms with E-state index in [9.17, 15) is 27.1 Å². The fourth-order valence-corrected chi connectivity index (χ4v) is 3.61. The van der Waals surface area contributed by atoms with Crippen molar-refractivity contribution in [2.45, 2.75) is 25.9 Å². The summed E-state index contributed by atoms with van der Waals surface area (Å²) in [6.45, 7) is 3.48. The molecule has 1 atom stereocenters. The molecule has 3 heterocycles. The smallest absolute Gasteiger partial charge is 0.416 e. The van der Waals surface area contributed by atoms with Crippen LogP contribution in [-0.4, -0.2) is 33.4 Å². The number of halogens is 5. The van der Waals surface area contributed by atoms with Gasteiger partial charge in [0.25, 0.3) is 6.43 Å². The molecule has 0 aliphatic carbocycles. The SMILES string of the molecule is C[C@@H]1CCN(c2nnc(-c3ccc(C(F)(F)F)cc3O)c3cc(C(F)F)cnc23)C1. The molecule has 1 saturated heterocycles. The molecule has 10 heteroatoms. The number of hydrogen-bond donors (Lipinski definition) is 1. The number of nitrogens with zero attached hydrogens (tertiary/aromatic N) is 4. The average molecular weight is 424 g/mol. The number of benzene rings is 1. The zero-order valence-corrected chi connectivity index (χ0v) is 15.8. The summed E-state index contributed by atoms with van der Waals surface area (Å²) in [5.74, 6) is 0.163. The first-order chi connectivity index (χ1) is 14.1. The van der Waals surface area contributed by atoms with Gasteiger partial charge in [0.15, 0.2) is 5.82 Å². The number of rotatable bonds is 3. The number of aromatic nitrogens is 3. The van der Waals surface area contributed by atoms with Gasteiger partial charge in [-0.1, -0.05) is 6.92 Å². The molecule has 4 rings (SSSR count). The van der Waals surface area contributed by atoms with E-state index in [1.54, 1.807) is 0 Å². The standard InChI is InChI=1S/C20H17F5N4O/c1-10-4-5-29(9-10)19-17-14(6-11(8-26-17)18(21)22)16(27-28-19)13-3-2-12(7-15(13)30)20(23,24)25/h2-3,6-8,10,18,30H,4-5,9H2,1H3/t10-/m1/s1. The van der Waals surface area contributed by atoms with E-state index in [1.807, 2.05) is 4.90 Å². The molecule has 1 fully saturated rings. The lowest BCUT2D eigenvalue weighted by Crippen LogP contribution is -2.21. The number of anilines is 1. The van der Waals surface area contributed by atoms with Crippen LogP contribution in [0.15, 0.2) is 30.5 Å². The summed E-state index contributed by atoms with van der Waals surface area (Å²) in [7, 11) is 0. The molecule has 3 aromatic rings. The molecule has 1 aliphatic rings. The van der Waals surface area contributed by atoms with E-state index in [0.29, 0.717) is 36.4 Å². The molecule has 0 radical (unpaired) electrons. The van der Waals surface area contributed by atoms with Gasteiger partial charge in [-0.05, 0) is 36.6 Å². The number of phenols is 1. The molecule has 2 aromatic heterocycles. The first-order valence-corrected chi connectivity index (χ1v) is 9.25. The minimum atomic E-state index is -4.63. The zero-order chi connectivity index (χ0) is 21.6. The molecule has 0 bridgehead atoms. The van der Waals surface area contributed by atoms with Gasteiger partial charge in [-0.25, -0.2) is 8.78 Å². The number of alkyl halides is 5. The molecular formula is C20H17F5N4O. The van der Waals surface area contributed by atoms with Crippen LogP contribution in [0, 0.1) is 5.92 Å². The third kappa shape index (κ3) is 3.61. The van der Waals surface area contributed by atoms with Crippen LogP contribution in [0.2, 0.25) is 0 Å². The maximum Gasteiger partial charge on any atom is 0.416 e. The Hall–Kier alpha value is -3.04. The van der Waals surface area contributed by atoms with Crippen LogP contribution in [0.5, 0.6) is 5.75 Å². The summed E-state index contributed by atoms with van der Waals surface area (Å²) >= 11 is 0. The number of pyridine rings is 1. The Morgan fingerprint density at radius 2 is 1.93 bits per heavy atom. The van der Waals surface area contributed by atoms with E-state index in [-0.39, 0.29) is 22.2 Å². The highest BCUT2D eigenvalue weighted by molar-refractivity contribution is 5.99. The van der Waals surface area contributed by atoms with Gasteiger partial charge in [-0.15, -0.1) is 10.2 Å². The van der Waals surface area contributed by atoms with Crippen molar-refractivity contribution in [1.29, 1.82) is 0 Å². The van der Waals surface area contributed by atoms with Crippen molar-refractivity contribution in [2.24, 2.45) is 5.92 Å². The van der Waals surface area contributed by atoms with Gasteiger partial charge in [0.1, 0.15) is 17.0 Å². The Kier molecular flexibility index (Phi) is 4.95. The highest BCUT2D eigenvalue weighted by Gasteiger charge is 2.32. The van der Waals surface area contributed by atoms with Crippen molar-refractivity contribution >= 4 is 16.7 Å². The second-order valence-electron chi connectivity index (χ2n) is 7.41. The number of hydrogen-bond acceptors (Lipinski definition) is 5. The maximum atomic E-state index is 13.3. The Balaban J connectivity index is 1.91. The molecule has 0 spiro atoms. The Labute approximate surface area is 168 Å². The maximum absolute atomic E-state index is 13.3. The highest BCUT2D eigenvalue weighted by atomic mass is 19.4. The van der Waals surface area contributed by atoms with Crippen LogP contribution in [0.3, 0.4) is 0 Å². The van der Waals surface area contributed by atoms with Gasteiger partial charge < -0.3 is 10.0 Å². The molecule has 5 nitrogen and oxygen atoms in total. The second kappa shape index (κ2) is 7.33. The molecule has 1 aliphatic heterocycles. The van der Waals surface area contributed by atoms with Gasteiger partial charge in [0.2, 0.25) is 0 Å². The van der Waals surface area contributed by atoms with E-state index >= 15 is 0 Å². The fourth-order valence-electron chi connectivity index (χ4n) is 3.61. The van der Waals surface area contributed by atoms with Crippen molar-refractivity contribution in [3.8, 4) is 17.0 Å². The second-order valence-corrected chi connectivity index (χ2v) is 7.41. The lowest BCUT2D eigenvalue weighted by Gasteiger charge is -2.19. The van der Waals surface area contributed by atoms with E-state index in [4.69, 9.17) is 0 Å². The van der Waals surface area contributed by atoms with Crippen LogP contribution in [-0.2, 0) is 6.18 Å². The van der Waals surface area contributed by atoms with Gasteiger partial charge >= 0.3 is 6.18 Å². The fraction of sp³-hybridized carbons (Fsp3) is 0.350. The predicted molar refractivity (Wildman–Crippen MR) is 100 cm³/mol. The molecule has 30 heavy (non-hydrogen) atoms. The lowest BCUT2D eigenvalue weighted by atomic mass is 10.0. The molecule has 1 N–H and O–H groups in total. The lowest BCUT2D eigenvalue weighted by molar-refractivity contribution is -0.137. The number of phenolic OH excluding ortho intramolecular Hbond substituents is 1. The molecule has 1 aromatic carbocycles. The molecule has 158 valence electrons. The average Bonchev–Trinajstić information content (AvgIpc) is 3.12. The Morgan fingerprint density at radius 1 is 1.17 bits per heavy atom. The van der Waals surface area contributed by atoms with E-state index in [0.717, 1.165) is 24.8 Å². The molecule has 0 amide bonds. The summed E-state index contributed by atoms with van der Waals surface area (Å²) in [5.41, 5.74) is -1.14. The van der Waals surface area contributed by atoms with E-state index in [2.05, 4.69) is 22.1 Å². The Bertz CT molecular complexity index is 1100. The van der Waals surface area contributed by atoms with E-state index in [1.165, 1.54) is 6.07 Å². The van der Waals surface area contributed by atoms with Crippen LogP contribution < -0.4 is 4.90 Å². The number of fused-ring (bicyclic) bond motifs is 1. The highest BCUT2D eigenvalue weighted by Crippen LogP contribution is 2.40. The van der Waals surface area contributed by atoms with Gasteiger partial charge in [0, 0.05) is 35.8 Å². The van der Waals surface area contributed by atoms with Crippen LogP contribution in [0.1, 0.15) is 30.9 Å². The zero-order valence-electron chi connectivity index (χ0n) is 15.8. The normalized spacial score (nSPS) is 17.3. The van der Waals surface area contributed by atoms with Crippen molar-refractivity contribution in [3.05, 3.63) is 41.6 Å². The largest absolute Gasteiger partial charge is 0.507 e. The minimum Gasteiger partial charge on any atom is -0.507 e. The molecular weight excluding hydrogens is 407 g/mol. The number of aromatic hydroxyl groups is 1. The van der Waals surface area contributed by atoms with Gasteiger partial charge in [-0.2, -0.15) is 13.2 Å². The Morgan fingerprint density at radius 3 is 2.53 bits per heavy atom. The van der Waals surface area contributed by atoms with Crippen molar-refractivity contribution in [1.82, 2.24) is 15.2 Å². The predicted octanol–water partition coefficient (Wildman–Crippen LogP) is 5.20. The van der Waals surface area contributed by atoms with Gasteiger partial charge in [-0.3, -0.25) is 4.98 Å². The summed E-state index contributed by atoms with van der Waals surface area (Å²) in [6.07, 6.45) is -5.45. The van der Waals surface area contributed by atoms with Crippen LogP contribution in [0.4, 0.5) is 27.8 Å². The summed E-state index contributed by atoms with van der Waals surface area (Å²) in [5, 5.41) is 18.7. The third-order valence-corrected chi connectivity index (χ3v) is 5.18. The van der Waals surface area contributed by atoms with Gasteiger partial charge in [0.05, 0.1) is 5.56 Å². The minimum absolute atomic E-state index is 0.0118. The van der Waals surface area contributed by atoms with Crippen molar-refractivity contribution in [2.75, 3.05) is 18.0 Å². The van der Waals surface area contributed by atoms with E-state index < -0.39 is 23.9 Å². The van der Waals surface area contributed by atoms with Crippen molar-refractivity contribution < 1.29 is 27.1 Å². The summed E-state index contributed by atoms with van der Waals surface area (Å²) in [6, 6.07) is 3.61. The quantitative estimate of drug-likeness (QED) is 0.586. The molecule has 0 saturated carbocycles. The summed E-state index contributed by atoms with van der Waals surface area (Å²) < 4.78 is 65.3. The van der Waals surface area contributed by atoms with Crippen LogP contribution in [0.25, 0.3) is 22.2 Å². The monoisotopic (exact) mass is 424 g/mol. The topological polar surface area (TPSA) is 62.1 Å². The summed E-state index contributed by atoms with van der Waals surface area (Å²) in [4.78, 5) is 6.11. The van der Waals surface area contributed by atoms with Crippen LogP contribution >= 0.6 is 0 Å². The first-order valence-electron chi connectivity index (χ1n) is 9.25. The van der Waals surface area contributed by atoms with Crippen molar-refractivity contribution in [3.63, 3.8) is 0 Å².